The normalized spacial score (nSPS) is 23.2. The Morgan fingerprint density at radius 2 is 2.11 bits per heavy atom. The molecule has 1 aliphatic rings. The molecule has 0 saturated carbocycles. The summed E-state index contributed by atoms with van der Waals surface area (Å²) >= 11 is 0. The second kappa shape index (κ2) is 4.93. The summed E-state index contributed by atoms with van der Waals surface area (Å²) in [7, 11) is 0. The highest BCUT2D eigenvalue weighted by atomic mass is 15.2. The van der Waals surface area contributed by atoms with Gasteiger partial charge in [0.05, 0.1) is 0 Å². The molecular formula is C16H26N2. The van der Waals surface area contributed by atoms with E-state index in [0.717, 1.165) is 25.9 Å². The predicted octanol–water partition coefficient (Wildman–Crippen LogP) is 3.12. The van der Waals surface area contributed by atoms with Crippen molar-refractivity contribution < 1.29 is 0 Å². The lowest BCUT2D eigenvalue weighted by molar-refractivity contribution is 0.245. The molecule has 18 heavy (non-hydrogen) atoms. The fourth-order valence-corrected chi connectivity index (χ4v) is 3.02. The summed E-state index contributed by atoms with van der Waals surface area (Å²) in [5.41, 5.74) is 10.7. The SMILES string of the molecule is CCc1cccc(C)c1N1CCC(N)C(C)(C)C1. The minimum absolute atomic E-state index is 0.200. The number of anilines is 1. The van der Waals surface area contributed by atoms with Gasteiger partial charge in [0.15, 0.2) is 0 Å². The third-order valence-corrected chi connectivity index (χ3v) is 4.33. The van der Waals surface area contributed by atoms with Gasteiger partial charge in [-0.3, -0.25) is 0 Å². The van der Waals surface area contributed by atoms with Gasteiger partial charge in [-0.1, -0.05) is 39.0 Å². The van der Waals surface area contributed by atoms with Gasteiger partial charge < -0.3 is 10.6 Å². The predicted molar refractivity (Wildman–Crippen MR) is 79.1 cm³/mol. The molecule has 0 aromatic heterocycles. The van der Waals surface area contributed by atoms with E-state index in [9.17, 15) is 0 Å². The van der Waals surface area contributed by atoms with Gasteiger partial charge in [0, 0.05) is 24.8 Å². The van der Waals surface area contributed by atoms with Crippen LogP contribution in [0.2, 0.25) is 0 Å². The Morgan fingerprint density at radius 3 is 2.72 bits per heavy atom. The highest BCUT2D eigenvalue weighted by molar-refractivity contribution is 5.60. The standard InChI is InChI=1S/C16H26N2/c1-5-13-8-6-7-12(2)15(13)18-10-9-14(17)16(3,4)11-18/h6-8,14H,5,9-11,17H2,1-4H3. The number of aryl methyl sites for hydroxylation is 2. The number of piperidine rings is 1. The zero-order chi connectivity index (χ0) is 13.3. The number of benzene rings is 1. The van der Waals surface area contributed by atoms with E-state index >= 15 is 0 Å². The summed E-state index contributed by atoms with van der Waals surface area (Å²) in [5.74, 6) is 0. The van der Waals surface area contributed by atoms with Gasteiger partial charge in [0.25, 0.3) is 0 Å². The van der Waals surface area contributed by atoms with Crippen molar-refractivity contribution in [1.29, 1.82) is 0 Å². The zero-order valence-electron chi connectivity index (χ0n) is 12.2. The van der Waals surface area contributed by atoms with Crippen LogP contribution in [0.25, 0.3) is 0 Å². The van der Waals surface area contributed by atoms with E-state index in [2.05, 4.69) is 50.8 Å². The minimum atomic E-state index is 0.200. The third kappa shape index (κ3) is 2.39. The first-order chi connectivity index (χ1) is 8.45. The van der Waals surface area contributed by atoms with Gasteiger partial charge in [0.2, 0.25) is 0 Å². The van der Waals surface area contributed by atoms with Gasteiger partial charge >= 0.3 is 0 Å². The first kappa shape index (κ1) is 13.4. The summed E-state index contributed by atoms with van der Waals surface area (Å²) in [6.45, 7) is 11.2. The Kier molecular flexibility index (Phi) is 3.67. The molecule has 1 aliphatic heterocycles. The molecule has 0 spiro atoms. The van der Waals surface area contributed by atoms with E-state index in [4.69, 9.17) is 5.73 Å². The van der Waals surface area contributed by atoms with Crippen molar-refractivity contribution >= 4 is 5.69 Å². The van der Waals surface area contributed by atoms with Crippen LogP contribution in [-0.2, 0) is 6.42 Å². The molecule has 0 aliphatic carbocycles. The second-order valence-electron chi connectivity index (χ2n) is 6.24. The molecule has 1 heterocycles. The van der Waals surface area contributed by atoms with Crippen LogP contribution >= 0.6 is 0 Å². The molecule has 2 rings (SSSR count). The lowest BCUT2D eigenvalue weighted by Crippen LogP contribution is -2.52. The maximum atomic E-state index is 6.23. The largest absolute Gasteiger partial charge is 0.370 e. The highest BCUT2D eigenvalue weighted by Gasteiger charge is 2.34. The smallest absolute Gasteiger partial charge is 0.0428 e. The van der Waals surface area contributed by atoms with Crippen molar-refractivity contribution in [3.8, 4) is 0 Å². The molecule has 100 valence electrons. The zero-order valence-corrected chi connectivity index (χ0v) is 12.2. The summed E-state index contributed by atoms with van der Waals surface area (Å²) < 4.78 is 0. The second-order valence-corrected chi connectivity index (χ2v) is 6.24. The Hall–Kier alpha value is -1.02. The van der Waals surface area contributed by atoms with Crippen LogP contribution in [0.1, 0.15) is 38.3 Å². The summed E-state index contributed by atoms with van der Waals surface area (Å²) in [4.78, 5) is 2.54. The Morgan fingerprint density at radius 1 is 1.39 bits per heavy atom. The fraction of sp³-hybridized carbons (Fsp3) is 0.625. The molecule has 2 heteroatoms. The quantitative estimate of drug-likeness (QED) is 0.868. The average Bonchev–Trinajstić information content (AvgIpc) is 2.32. The molecule has 0 radical (unpaired) electrons. The molecule has 1 saturated heterocycles. The van der Waals surface area contributed by atoms with Crippen LogP contribution in [0.15, 0.2) is 18.2 Å². The molecule has 1 aromatic rings. The monoisotopic (exact) mass is 246 g/mol. The fourth-order valence-electron chi connectivity index (χ4n) is 3.02. The van der Waals surface area contributed by atoms with Crippen LogP contribution in [0.5, 0.6) is 0 Å². The van der Waals surface area contributed by atoms with Crippen molar-refractivity contribution in [2.24, 2.45) is 11.1 Å². The topological polar surface area (TPSA) is 29.3 Å². The van der Waals surface area contributed by atoms with Gasteiger partial charge in [0.1, 0.15) is 0 Å². The van der Waals surface area contributed by atoms with E-state index in [1.54, 1.807) is 0 Å². The van der Waals surface area contributed by atoms with E-state index in [-0.39, 0.29) is 5.41 Å². The molecule has 2 nitrogen and oxygen atoms in total. The molecule has 1 aromatic carbocycles. The molecule has 0 bridgehead atoms. The molecule has 1 fully saturated rings. The maximum absolute atomic E-state index is 6.23. The number of para-hydroxylation sites is 1. The minimum Gasteiger partial charge on any atom is -0.370 e. The first-order valence-corrected chi connectivity index (χ1v) is 7.04. The lowest BCUT2D eigenvalue weighted by Gasteiger charge is -2.44. The molecule has 1 unspecified atom stereocenters. The van der Waals surface area contributed by atoms with Crippen molar-refractivity contribution in [2.45, 2.75) is 46.6 Å². The van der Waals surface area contributed by atoms with Crippen molar-refractivity contribution in [1.82, 2.24) is 0 Å². The highest BCUT2D eigenvalue weighted by Crippen LogP contribution is 2.34. The average molecular weight is 246 g/mol. The van der Waals surface area contributed by atoms with Crippen LogP contribution in [0.3, 0.4) is 0 Å². The van der Waals surface area contributed by atoms with Gasteiger partial charge in [-0.25, -0.2) is 0 Å². The van der Waals surface area contributed by atoms with Crippen LogP contribution in [0.4, 0.5) is 5.69 Å². The number of nitrogens with two attached hydrogens (primary N) is 1. The number of hydrogen-bond acceptors (Lipinski definition) is 2. The van der Waals surface area contributed by atoms with Crippen molar-refractivity contribution in [3.05, 3.63) is 29.3 Å². The van der Waals surface area contributed by atoms with E-state index < -0.39 is 0 Å². The van der Waals surface area contributed by atoms with Crippen LogP contribution < -0.4 is 10.6 Å². The molecule has 2 N–H and O–H groups in total. The van der Waals surface area contributed by atoms with Gasteiger partial charge in [-0.2, -0.15) is 0 Å². The third-order valence-electron chi connectivity index (χ3n) is 4.33. The van der Waals surface area contributed by atoms with Crippen molar-refractivity contribution in [3.63, 3.8) is 0 Å². The summed E-state index contributed by atoms with van der Waals surface area (Å²) in [5, 5.41) is 0. The lowest BCUT2D eigenvalue weighted by atomic mass is 9.79. The van der Waals surface area contributed by atoms with Gasteiger partial charge in [-0.05, 0) is 36.3 Å². The Labute approximate surface area is 111 Å². The van der Waals surface area contributed by atoms with Gasteiger partial charge in [-0.15, -0.1) is 0 Å². The van der Waals surface area contributed by atoms with Crippen LogP contribution in [0, 0.1) is 12.3 Å². The number of rotatable bonds is 2. The van der Waals surface area contributed by atoms with Crippen LogP contribution in [-0.4, -0.2) is 19.1 Å². The van der Waals surface area contributed by atoms with Crippen molar-refractivity contribution in [2.75, 3.05) is 18.0 Å². The van der Waals surface area contributed by atoms with E-state index in [1.807, 2.05) is 0 Å². The van der Waals surface area contributed by atoms with E-state index in [0.29, 0.717) is 6.04 Å². The number of hydrogen-bond donors (Lipinski definition) is 1. The van der Waals surface area contributed by atoms with E-state index in [1.165, 1.54) is 16.8 Å². The molecule has 0 amide bonds. The Balaban J connectivity index is 2.33. The maximum Gasteiger partial charge on any atom is 0.0428 e. The molecule has 1 atom stereocenters. The first-order valence-electron chi connectivity index (χ1n) is 7.04. The summed E-state index contributed by atoms with van der Waals surface area (Å²) in [6, 6.07) is 6.96. The Bertz CT molecular complexity index is 423. The molecular weight excluding hydrogens is 220 g/mol. The summed E-state index contributed by atoms with van der Waals surface area (Å²) in [6.07, 6.45) is 2.19. The number of nitrogens with zero attached hydrogens (tertiary/aromatic N) is 1.